The summed E-state index contributed by atoms with van der Waals surface area (Å²) in [6.45, 7) is 3.22. The third-order valence-electron chi connectivity index (χ3n) is 3.42. The van der Waals surface area contributed by atoms with Gasteiger partial charge >= 0.3 is 0 Å². The topological polar surface area (TPSA) is 32.3 Å². The van der Waals surface area contributed by atoms with Gasteiger partial charge in [-0.05, 0) is 12.1 Å². The Bertz CT molecular complexity index is 599. The van der Waals surface area contributed by atoms with Crippen LogP contribution < -0.4 is 9.80 Å². The molecule has 6 heteroatoms. The predicted molar refractivity (Wildman–Crippen MR) is 77.9 cm³/mol. The lowest BCUT2D eigenvalue weighted by Crippen LogP contribution is -2.47. The van der Waals surface area contributed by atoms with Gasteiger partial charge in [0.15, 0.2) is 0 Å². The maximum Gasteiger partial charge on any atom is 0.218 e. The Labute approximate surface area is 121 Å². The lowest BCUT2D eigenvalue weighted by Gasteiger charge is -2.37. The third kappa shape index (κ3) is 2.67. The van der Waals surface area contributed by atoms with E-state index in [1.807, 2.05) is 24.3 Å². The average Bonchev–Trinajstić information content (AvgIpc) is 2.48. The van der Waals surface area contributed by atoms with Crippen LogP contribution >= 0.6 is 11.6 Å². The van der Waals surface area contributed by atoms with Crippen LogP contribution in [-0.2, 0) is 0 Å². The quantitative estimate of drug-likeness (QED) is 0.797. The van der Waals surface area contributed by atoms with Gasteiger partial charge < -0.3 is 9.80 Å². The first-order valence-corrected chi connectivity index (χ1v) is 6.84. The van der Waals surface area contributed by atoms with E-state index in [9.17, 15) is 4.39 Å². The standard InChI is InChI=1S/C14H14ClFN4/c15-11-3-1-2-4-12(11)19-5-7-20(8-6-19)14-9-13(16)17-10-18-14/h1-4,9-10H,5-8H2. The largest absolute Gasteiger partial charge is 0.367 e. The maximum absolute atomic E-state index is 13.1. The summed E-state index contributed by atoms with van der Waals surface area (Å²) in [7, 11) is 0. The van der Waals surface area contributed by atoms with Crippen molar-refractivity contribution in [3.05, 3.63) is 47.6 Å². The highest BCUT2D eigenvalue weighted by Gasteiger charge is 2.19. The molecule has 0 bridgehead atoms. The Balaban J connectivity index is 1.70. The molecule has 0 amide bonds. The summed E-state index contributed by atoms with van der Waals surface area (Å²) in [4.78, 5) is 11.9. The number of halogens is 2. The Morgan fingerprint density at radius 1 is 1.00 bits per heavy atom. The fraction of sp³-hybridized carbons (Fsp3) is 0.286. The highest BCUT2D eigenvalue weighted by Crippen LogP contribution is 2.26. The molecule has 1 fully saturated rings. The molecule has 1 saturated heterocycles. The Kier molecular flexibility index (Phi) is 3.69. The van der Waals surface area contributed by atoms with E-state index in [-0.39, 0.29) is 0 Å². The van der Waals surface area contributed by atoms with E-state index in [0.29, 0.717) is 5.82 Å². The van der Waals surface area contributed by atoms with E-state index < -0.39 is 5.95 Å². The van der Waals surface area contributed by atoms with E-state index in [4.69, 9.17) is 11.6 Å². The van der Waals surface area contributed by atoms with E-state index >= 15 is 0 Å². The van der Waals surface area contributed by atoms with Gasteiger partial charge in [0.25, 0.3) is 0 Å². The molecule has 0 radical (unpaired) electrons. The summed E-state index contributed by atoms with van der Waals surface area (Å²) < 4.78 is 13.1. The maximum atomic E-state index is 13.1. The Hall–Kier alpha value is -1.88. The van der Waals surface area contributed by atoms with Crippen molar-refractivity contribution in [3.63, 3.8) is 0 Å². The first-order valence-electron chi connectivity index (χ1n) is 6.46. The van der Waals surface area contributed by atoms with Gasteiger partial charge in [-0.25, -0.2) is 9.97 Å². The molecular weight excluding hydrogens is 279 g/mol. The van der Waals surface area contributed by atoms with Crippen LogP contribution in [0.15, 0.2) is 36.7 Å². The molecule has 0 N–H and O–H groups in total. The molecule has 1 aromatic carbocycles. The van der Waals surface area contributed by atoms with Crippen molar-refractivity contribution < 1.29 is 4.39 Å². The van der Waals surface area contributed by atoms with Crippen molar-refractivity contribution >= 4 is 23.1 Å². The van der Waals surface area contributed by atoms with Gasteiger partial charge in [0.05, 0.1) is 10.7 Å². The van der Waals surface area contributed by atoms with Crippen molar-refractivity contribution in [3.8, 4) is 0 Å². The molecule has 3 rings (SSSR count). The van der Waals surface area contributed by atoms with Gasteiger partial charge in [-0.1, -0.05) is 23.7 Å². The van der Waals surface area contributed by atoms with E-state index in [2.05, 4.69) is 19.8 Å². The number of hydrogen-bond acceptors (Lipinski definition) is 4. The third-order valence-corrected chi connectivity index (χ3v) is 3.74. The summed E-state index contributed by atoms with van der Waals surface area (Å²) >= 11 is 6.21. The minimum Gasteiger partial charge on any atom is -0.367 e. The van der Waals surface area contributed by atoms with Crippen molar-refractivity contribution in [2.24, 2.45) is 0 Å². The second kappa shape index (κ2) is 5.63. The van der Waals surface area contributed by atoms with Gasteiger partial charge in [-0.15, -0.1) is 0 Å². The van der Waals surface area contributed by atoms with Crippen molar-refractivity contribution in [2.75, 3.05) is 36.0 Å². The number of piperazine rings is 1. The second-order valence-corrected chi connectivity index (χ2v) is 5.03. The van der Waals surface area contributed by atoms with Crippen LogP contribution in [0.4, 0.5) is 15.9 Å². The number of hydrogen-bond donors (Lipinski definition) is 0. The molecule has 2 aromatic rings. The van der Waals surface area contributed by atoms with Gasteiger partial charge in [-0.3, -0.25) is 0 Å². The lowest BCUT2D eigenvalue weighted by molar-refractivity contribution is 0.574. The molecular formula is C14H14ClFN4. The molecule has 20 heavy (non-hydrogen) atoms. The van der Waals surface area contributed by atoms with Gasteiger partial charge in [0.1, 0.15) is 12.1 Å². The Morgan fingerprint density at radius 3 is 2.40 bits per heavy atom. The molecule has 1 aliphatic rings. The zero-order chi connectivity index (χ0) is 13.9. The molecule has 0 saturated carbocycles. The van der Waals surface area contributed by atoms with Crippen LogP contribution in [-0.4, -0.2) is 36.1 Å². The summed E-state index contributed by atoms with van der Waals surface area (Å²) in [6, 6.07) is 9.18. The first-order chi connectivity index (χ1) is 9.74. The van der Waals surface area contributed by atoms with Crippen LogP contribution in [0.1, 0.15) is 0 Å². The minimum atomic E-state index is -0.497. The number of anilines is 2. The Morgan fingerprint density at radius 2 is 1.70 bits per heavy atom. The molecule has 0 unspecified atom stereocenters. The molecule has 4 nitrogen and oxygen atoms in total. The molecule has 0 spiro atoms. The molecule has 1 aromatic heterocycles. The normalized spacial score (nSPS) is 15.5. The number of nitrogens with zero attached hydrogens (tertiary/aromatic N) is 4. The van der Waals surface area contributed by atoms with E-state index in [1.54, 1.807) is 0 Å². The number of rotatable bonds is 2. The zero-order valence-corrected chi connectivity index (χ0v) is 11.6. The molecule has 0 aliphatic carbocycles. The van der Waals surface area contributed by atoms with E-state index in [1.165, 1.54) is 12.4 Å². The van der Waals surface area contributed by atoms with Crippen LogP contribution in [0, 0.1) is 5.95 Å². The van der Waals surface area contributed by atoms with E-state index in [0.717, 1.165) is 36.9 Å². The van der Waals surface area contributed by atoms with Crippen molar-refractivity contribution in [1.29, 1.82) is 0 Å². The molecule has 104 valence electrons. The zero-order valence-electron chi connectivity index (χ0n) is 10.8. The van der Waals surface area contributed by atoms with Gasteiger partial charge in [0, 0.05) is 32.2 Å². The number of aromatic nitrogens is 2. The second-order valence-electron chi connectivity index (χ2n) is 4.62. The van der Waals surface area contributed by atoms with Crippen molar-refractivity contribution in [1.82, 2.24) is 9.97 Å². The van der Waals surface area contributed by atoms with Crippen molar-refractivity contribution in [2.45, 2.75) is 0 Å². The predicted octanol–water partition coefficient (Wildman–Crippen LogP) is 2.60. The van der Waals surface area contributed by atoms with Gasteiger partial charge in [0.2, 0.25) is 5.95 Å². The van der Waals surface area contributed by atoms with Gasteiger partial charge in [-0.2, -0.15) is 4.39 Å². The fourth-order valence-corrected chi connectivity index (χ4v) is 2.64. The smallest absolute Gasteiger partial charge is 0.218 e. The lowest BCUT2D eigenvalue weighted by atomic mass is 10.2. The number of para-hydroxylation sites is 1. The highest BCUT2D eigenvalue weighted by atomic mass is 35.5. The highest BCUT2D eigenvalue weighted by molar-refractivity contribution is 6.33. The first kappa shape index (κ1) is 13.1. The molecule has 2 heterocycles. The number of benzene rings is 1. The van der Waals surface area contributed by atoms with Crippen LogP contribution in [0.25, 0.3) is 0 Å². The minimum absolute atomic E-state index is 0.497. The van der Waals surface area contributed by atoms with Crippen LogP contribution in [0.3, 0.4) is 0 Å². The van der Waals surface area contributed by atoms with Crippen LogP contribution in [0.2, 0.25) is 5.02 Å². The van der Waals surface area contributed by atoms with Crippen LogP contribution in [0.5, 0.6) is 0 Å². The molecule has 0 atom stereocenters. The summed E-state index contributed by atoms with van der Waals surface area (Å²) in [5.41, 5.74) is 1.04. The fourth-order valence-electron chi connectivity index (χ4n) is 2.38. The summed E-state index contributed by atoms with van der Waals surface area (Å²) in [5, 5.41) is 0.758. The average molecular weight is 293 g/mol. The monoisotopic (exact) mass is 292 g/mol. The summed E-state index contributed by atoms with van der Waals surface area (Å²) in [6.07, 6.45) is 1.26. The SMILES string of the molecule is Fc1cc(N2CCN(c3ccccc3Cl)CC2)ncn1. The molecule has 1 aliphatic heterocycles. The summed E-state index contributed by atoms with van der Waals surface area (Å²) in [5.74, 6) is 0.139.